The second-order valence-electron chi connectivity index (χ2n) is 9.44. The first-order valence-corrected chi connectivity index (χ1v) is 10.4. The summed E-state index contributed by atoms with van der Waals surface area (Å²) >= 11 is 0. The van der Waals surface area contributed by atoms with Gasteiger partial charge in [-0.2, -0.15) is 0 Å². The molecule has 1 aromatic rings. The summed E-state index contributed by atoms with van der Waals surface area (Å²) in [6.45, 7) is 1.01. The average Bonchev–Trinajstić information content (AvgIpc) is 2.97. The van der Waals surface area contributed by atoms with E-state index >= 15 is 0 Å². The van der Waals surface area contributed by atoms with Crippen LogP contribution in [-0.4, -0.2) is 35.8 Å². The normalized spacial score (nSPS) is 33.3. The molecule has 1 aromatic carbocycles. The molecule has 0 spiro atoms. The zero-order valence-electron chi connectivity index (χ0n) is 16.1. The van der Waals surface area contributed by atoms with E-state index in [1.807, 2.05) is 12.1 Å². The summed E-state index contributed by atoms with van der Waals surface area (Å²) in [6.07, 6.45) is 8.01. The minimum Gasteiger partial charge on any atom is -0.351 e. The molecule has 5 aliphatic rings. The van der Waals surface area contributed by atoms with Gasteiger partial charge in [0.2, 0.25) is 5.91 Å². The molecule has 0 unspecified atom stereocenters. The third kappa shape index (κ3) is 3.19. The van der Waals surface area contributed by atoms with Gasteiger partial charge in [-0.3, -0.25) is 14.5 Å². The SMILES string of the molecule is O=C(NCC12CC3CC(CC(C3)C1)C2)c1cccc(CN2C(=O)CNC2=O)c1. The van der Waals surface area contributed by atoms with Crippen molar-refractivity contribution >= 4 is 17.8 Å². The number of hydrogen-bond acceptors (Lipinski definition) is 3. The lowest BCUT2D eigenvalue weighted by molar-refractivity contribution is -0.125. The van der Waals surface area contributed by atoms with E-state index in [2.05, 4.69) is 10.6 Å². The molecule has 6 rings (SSSR count). The van der Waals surface area contributed by atoms with Gasteiger partial charge >= 0.3 is 6.03 Å². The van der Waals surface area contributed by atoms with Crippen molar-refractivity contribution in [2.45, 2.75) is 45.1 Å². The number of amides is 4. The van der Waals surface area contributed by atoms with Gasteiger partial charge in [-0.25, -0.2) is 4.79 Å². The van der Waals surface area contributed by atoms with Gasteiger partial charge in [0.15, 0.2) is 0 Å². The molecule has 0 aromatic heterocycles. The number of nitrogens with one attached hydrogen (secondary N) is 2. The van der Waals surface area contributed by atoms with E-state index in [-0.39, 0.29) is 30.9 Å². The first-order valence-electron chi connectivity index (χ1n) is 10.4. The minimum atomic E-state index is -0.373. The number of carbonyl (C=O) groups is 3. The molecule has 6 nitrogen and oxygen atoms in total. The summed E-state index contributed by atoms with van der Waals surface area (Å²) < 4.78 is 0. The van der Waals surface area contributed by atoms with E-state index < -0.39 is 0 Å². The van der Waals surface area contributed by atoms with Gasteiger partial charge in [-0.05, 0) is 79.4 Å². The molecule has 0 atom stereocenters. The molecule has 148 valence electrons. The van der Waals surface area contributed by atoms with E-state index in [4.69, 9.17) is 0 Å². The largest absolute Gasteiger partial charge is 0.351 e. The average molecular weight is 381 g/mol. The van der Waals surface area contributed by atoms with Gasteiger partial charge in [-0.15, -0.1) is 0 Å². The third-order valence-corrected chi connectivity index (χ3v) is 7.26. The van der Waals surface area contributed by atoms with Crippen molar-refractivity contribution in [3.05, 3.63) is 35.4 Å². The Bertz CT molecular complexity index is 783. The van der Waals surface area contributed by atoms with Crippen molar-refractivity contribution in [3.8, 4) is 0 Å². The molecule has 2 N–H and O–H groups in total. The predicted molar refractivity (Wildman–Crippen MR) is 103 cm³/mol. The summed E-state index contributed by atoms with van der Waals surface area (Å²) in [5.74, 6) is 2.32. The van der Waals surface area contributed by atoms with Gasteiger partial charge < -0.3 is 10.6 Å². The summed E-state index contributed by atoms with van der Waals surface area (Å²) in [7, 11) is 0. The molecular formula is C22H27N3O3. The van der Waals surface area contributed by atoms with Crippen molar-refractivity contribution in [3.63, 3.8) is 0 Å². The Kier molecular flexibility index (Phi) is 4.18. The molecule has 1 aliphatic heterocycles. The van der Waals surface area contributed by atoms with Crippen molar-refractivity contribution in [1.29, 1.82) is 0 Å². The Balaban J connectivity index is 1.24. The zero-order chi connectivity index (χ0) is 19.3. The summed E-state index contributed by atoms with van der Waals surface area (Å²) in [5.41, 5.74) is 1.68. The highest BCUT2D eigenvalue weighted by atomic mass is 16.2. The van der Waals surface area contributed by atoms with Crippen LogP contribution >= 0.6 is 0 Å². The van der Waals surface area contributed by atoms with Crippen LogP contribution in [-0.2, 0) is 11.3 Å². The fraction of sp³-hybridized carbons (Fsp3) is 0.591. The van der Waals surface area contributed by atoms with Crippen LogP contribution in [0.25, 0.3) is 0 Å². The van der Waals surface area contributed by atoms with E-state index in [1.54, 1.807) is 12.1 Å². The van der Waals surface area contributed by atoms with Gasteiger partial charge in [0, 0.05) is 12.1 Å². The van der Waals surface area contributed by atoms with Crippen molar-refractivity contribution in [2.75, 3.05) is 13.1 Å². The lowest BCUT2D eigenvalue weighted by Crippen LogP contribution is -2.51. The predicted octanol–water partition coefficient (Wildman–Crippen LogP) is 2.68. The molecule has 4 bridgehead atoms. The Labute approximate surface area is 165 Å². The first kappa shape index (κ1) is 17.7. The standard InChI is InChI=1S/C22H27N3O3/c26-19-11-23-21(28)25(19)12-14-2-1-3-18(7-14)20(27)24-13-22-8-15-4-16(9-22)6-17(5-15)10-22/h1-3,7,15-17H,4-6,8-13H2,(H,23,28)(H,24,27). The lowest BCUT2D eigenvalue weighted by atomic mass is 9.49. The molecule has 4 aliphatic carbocycles. The fourth-order valence-corrected chi connectivity index (χ4v) is 6.49. The number of nitrogens with zero attached hydrogens (tertiary/aromatic N) is 1. The third-order valence-electron chi connectivity index (χ3n) is 7.26. The van der Waals surface area contributed by atoms with Crippen molar-refractivity contribution in [1.82, 2.24) is 15.5 Å². The highest BCUT2D eigenvalue weighted by molar-refractivity contribution is 6.02. The van der Waals surface area contributed by atoms with Gasteiger partial charge in [-0.1, -0.05) is 12.1 Å². The van der Waals surface area contributed by atoms with E-state index in [0.717, 1.165) is 29.9 Å². The highest BCUT2D eigenvalue weighted by Gasteiger charge is 2.50. The smallest absolute Gasteiger partial charge is 0.324 e. The zero-order valence-corrected chi connectivity index (χ0v) is 16.1. The lowest BCUT2D eigenvalue weighted by Gasteiger charge is -2.56. The van der Waals surface area contributed by atoms with Crippen molar-refractivity contribution < 1.29 is 14.4 Å². The maximum atomic E-state index is 12.8. The topological polar surface area (TPSA) is 78.5 Å². The van der Waals surface area contributed by atoms with Crippen LogP contribution < -0.4 is 10.6 Å². The maximum absolute atomic E-state index is 12.8. The molecule has 1 saturated heterocycles. The molecule has 0 radical (unpaired) electrons. The van der Waals surface area contributed by atoms with Crippen LogP contribution in [0.15, 0.2) is 24.3 Å². The Morgan fingerprint density at radius 2 is 1.79 bits per heavy atom. The highest BCUT2D eigenvalue weighted by Crippen LogP contribution is 2.59. The Morgan fingerprint density at radius 3 is 2.39 bits per heavy atom. The first-order chi connectivity index (χ1) is 13.5. The molecule has 28 heavy (non-hydrogen) atoms. The van der Waals surface area contributed by atoms with E-state index in [1.165, 1.54) is 43.4 Å². The molecular weight excluding hydrogens is 354 g/mol. The summed E-state index contributed by atoms with van der Waals surface area (Å²) in [6, 6.07) is 6.86. The quantitative estimate of drug-likeness (QED) is 0.770. The Hall–Kier alpha value is -2.37. The molecule has 1 heterocycles. The number of hydrogen-bond donors (Lipinski definition) is 2. The van der Waals surface area contributed by atoms with Crippen LogP contribution in [0.2, 0.25) is 0 Å². The van der Waals surface area contributed by atoms with Crippen LogP contribution in [0.4, 0.5) is 4.79 Å². The van der Waals surface area contributed by atoms with Gasteiger partial charge in [0.1, 0.15) is 0 Å². The van der Waals surface area contributed by atoms with Gasteiger partial charge in [0.25, 0.3) is 5.91 Å². The summed E-state index contributed by atoms with van der Waals surface area (Å²) in [5, 5.41) is 5.71. The van der Waals surface area contributed by atoms with Crippen LogP contribution in [0.1, 0.15) is 54.4 Å². The maximum Gasteiger partial charge on any atom is 0.324 e. The molecule has 5 fully saturated rings. The number of urea groups is 1. The number of imide groups is 1. The van der Waals surface area contributed by atoms with Crippen LogP contribution in [0.5, 0.6) is 0 Å². The fourth-order valence-electron chi connectivity index (χ4n) is 6.49. The molecule has 6 heteroatoms. The van der Waals surface area contributed by atoms with E-state index in [0.29, 0.717) is 11.0 Å². The summed E-state index contributed by atoms with van der Waals surface area (Å²) in [4.78, 5) is 37.5. The van der Waals surface area contributed by atoms with Gasteiger partial charge in [0.05, 0.1) is 13.1 Å². The number of carbonyl (C=O) groups excluding carboxylic acids is 3. The van der Waals surface area contributed by atoms with Crippen molar-refractivity contribution in [2.24, 2.45) is 23.2 Å². The number of benzene rings is 1. The van der Waals surface area contributed by atoms with E-state index in [9.17, 15) is 14.4 Å². The molecule has 4 amide bonds. The second kappa shape index (κ2) is 6.61. The van der Waals surface area contributed by atoms with Crippen LogP contribution in [0, 0.1) is 23.2 Å². The molecule has 4 saturated carbocycles. The Morgan fingerprint density at radius 1 is 1.11 bits per heavy atom. The second-order valence-corrected chi connectivity index (χ2v) is 9.44. The minimum absolute atomic E-state index is 0.0457. The van der Waals surface area contributed by atoms with Crippen LogP contribution in [0.3, 0.4) is 0 Å². The number of rotatable bonds is 5. The monoisotopic (exact) mass is 381 g/mol.